The number of aliphatic hydroxyl groups excluding tert-OH is 3. The van der Waals surface area contributed by atoms with Crippen molar-refractivity contribution in [1.29, 1.82) is 0 Å². The number of aliphatic hydroxyl groups is 3. The molecule has 0 rings (SSSR count). The van der Waals surface area contributed by atoms with Gasteiger partial charge in [0.1, 0.15) is 0 Å². The van der Waals surface area contributed by atoms with E-state index in [-0.39, 0.29) is 6.42 Å². The van der Waals surface area contributed by atoms with E-state index in [0.29, 0.717) is 6.42 Å². The molecule has 0 spiro atoms. The maximum atomic E-state index is 9.71. The van der Waals surface area contributed by atoms with Crippen molar-refractivity contribution in [1.82, 2.24) is 0 Å². The molecule has 0 fully saturated rings. The van der Waals surface area contributed by atoms with Gasteiger partial charge in [-0.05, 0) is 13.3 Å². The van der Waals surface area contributed by atoms with Crippen LogP contribution >= 0.6 is 0 Å². The van der Waals surface area contributed by atoms with Crippen molar-refractivity contribution in [3.05, 3.63) is 0 Å². The summed E-state index contributed by atoms with van der Waals surface area (Å²) in [5.41, 5.74) is 0. The van der Waals surface area contributed by atoms with E-state index in [4.69, 9.17) is 5.11 Å². The Bertz CT molecular complexity index is 183. The van der Waals surface area contributed by atoms with Crippen LogP contribution in [0.1, 0.15) is 84.5 Å². The predicted octanol–water partition coefficient (Wildman–Crippen LogP) is 3.40. The van der Waals surface area contributed by atoms with Crippen LogP contribution in [-0.4, -0.2) is 33.6 Å². The Hall–Kier alpha value is -0.120. The van der Waals surface area contributed by atoms with E-state index in [0.717, 1.165) is 12.8 Å². The maximum absolute atomic E-state index is 9.71. The molecule has 0 aromatic rings. The third kappa shape index (κ3) is 12.6. The lowest BCUT2D eigenvalue weighted by molar-refractivity contribution is -0.0133. The Morgan fingerprint density at radius 2 is 1.16 bits per heavy atom. The highest BCUT2D eigenvalue weighted by Crippen LogP contribution is 2.13. The second kappa shape index (κ2) is 12.9. The first-order valence-corrected chi connectivity index (χ1v) is 8.12. The molecule has 3 unspecified atom stereocenters. The molecule has 3 heteroatoms. The highest BCUT2D eigenvalue weighted by atomic mass is 16.3. The van der Waals surface area contributed by atoms with Gasteiger partial charge in [0.15, 0.2) is 0 Å². The van der Waals surface area contributed by atoms with Crippen molar-refractivity contribution in [3.63, 3.8) is 0 Å². The molecular formula is C16H34O3. The van der Waals surface area contributed by atoms with Gasteiger partial charge in [-0.3, -0.25) is 0 Å². The van der Waals surface area contributed by atoms with Crippen molar-refractivity contribution in [2.45, 2.75) is 103 Å². The molecule has 0 saturated carbocycles. The lowest BCUT2D eigenvalue weighted by Gasteiger charge is -2.18. The SMILES string of the molecule is CCCCCCCCCCCC(O)C(O)CC(C)O. The van der Waals surface area contributed by atoms with Crippen LogP contribution in [0.2, 0.25) is 0 Å². The summed E-state index contributed by atoms with van der Waals surface area (Å²) in [6.07, 6.45) is 10.2. The van der Waals surface area contributed by atoms with Gasteiger partial charge in [0, 0.05) is 6.42 Å². The Morgan fingerprint density at radius 3 is 1.63 bits per heavy atom. The van der Waals surface area contributed by atoms with Gasteiger partial charge >= 0.3 is 0 Å². The molecule has 0 amide bonds. The van der Waals surface area contributed by atoms with Crippen molar-refractivity contribution in [2.75, 3.05) is 0 Å². The highest BCUT2D eigenvalue weighted by Gasteiger charge is 2.17. The third-order valence-electron chi connectivity index (χ3n) is 3.63. The van der Waals surface area contributed by atoms with Gasteiger partial charge in [0.25, 0.3) is 0 Å². The van der Waals surface area contributed by atoms with Gasteiger partial charge < -0.3 is 15.3 Å². The minimum absolute atomic E-state index is 0.262. The first-order chi connectivity index (χ1) is 9.07. The molecule has 0 radical (unpaired) electrons. The van der Waals surface area contributed by atoms with E-state index >= 15 is 0 Å². The average molecular weight is 274 g/mol. The van der Waals surface area contributed by atoms with E-state index in [1.807, 2.05) is 0 Å². The van der Waals surface area contributed by atoms with Crippen LogP contribution in [0.25, 0.3) is 0 Å². The lowest BCUT2D eigenvalue weighted by Crippen LogP contribution is -2.29. The Labute approximate surface area is 119 Å². The Balaban J connectivity index is 3.29. The molecule has 3 N–H and O–H groups in total. The van der Waals surface area contributed by atoms with Crippen LogP contribution in [0.15, 0.2) is 0 Å². The van der Waals surface area contributed by atoms with Crippen LogP contribution < -0.4 is 0 Å². The molecule has 0 aromatic carbocycles. The van der Waals surface area contributed by atoms with Crippen molar-refractivity contribution < 1.29 is 15.3 Å². The van der Waals surface area contributed by atoms with Crippen molar-refractivity contribution in [2.24, 2.45) is 0 Å². The lowest BCUT2D eigenvalue weighted by atomic mass is 10.0. The van der Waals surface area contributed by atoms with Crippen LogP contribution in [-0.2, 0) is 0 Å². The van der Waals surface area contributed by atoms with Gasteiger partial charge in [-0.1, -0.05) is 64.7 Å². The van der Waals surface area contributed by atoms with Gasteiger partial charge in [-0.2, -0.15) is 0 Å². The minimum Gasteiger partial charge on any atom is -0.393 e. The average Bonchev–Trinajstić information content (AvgIpc) is 2.35. The zero-order valence-electron chi connectivity index (χ0n) is 12.9. The molecule has 19 heavy (non-hydrogen) atoms. The zero-order valence-corrected chi connectivity index (χ0v) is 12.9. The standard InChI is InChI=1S/C16H34O3/c1-3-4-5-6-7-8-9-10-11-12-15(18)16(19)13-14(2)17/h14-19H,3-13H2,1-2H3. The molecule has 0 aromatic heterocycles. The van der Waals surface area contributed by atoms with Gasteiger partial charge in [0.05, 0.1) is 18.3 Å². The van der Waals surface area contributed by atoms with Crippen LogP contribution in [0.4, 0.5) is 0 Å². The third-order valence-corrected chi connectivity index (χ3v) is 3.63. The summed E-state index contributed by atoms with van der Waals surface area (Å²) in [6.45, 7) is 3.87. The number of hydrogen-bond donors (Lipinski definition) is 3. The number of hydrogen-bond acceptors (Lipinski definition) is 3. The van der Waals surface area contributed by atoms with Gasteiger partial charge in [-0.15, -0.1) is 0 Å². The molecule has 0 aliphatic carbocycles. The minimum atomic E-state index is -0.783. The van der Waals surface area contributed by atoms with Gasteiger partial charge in [0.2, 0.25) is 0 Å². The summed E-state index contributed by atoms with van der Waals surface area (Å²) in [4.78, 5) is 0. The number of rotatable bonds is 13. The van der Waals surface area contributed by atoms with Crippen LogP contribution in [0, 0.1) is 0 Å². The first kappa shape index (κ1) is 18.9. The largest absolute Gasteiger partial charge is 0.393 e. The quantitative estimate of drug-likeness (QED) is 0.451. The summed E-state index contributed by atoms with van der Waals surface area (Å²) < 4.78 is 0. The normalized spacial score (nSPS) is 16.3. The monoisotopic (exact) mass is 274 g/mol. The van der Waals surface area contributed by atoms with Crippen LogP contribution in [0.3, 0.4) is 0 Å². The molecule has 0 aliphatic heterocycles. The van der Waals surface area contributed by atoms with E-state index in [2.05, 4.69) is 6.92 Å². The predicted molar refractivity (Wildman–Crippen MR) is 80.2 cm³/mol. The van der Waals surface area contributed by atoms with E-state index in [9.17, 15) is 10.2 Å². The second-order valence-corrected chi connectivity index (χ2v) is 5.84. The maximum Gasteiger partial charge on any atom is 0.0823 e. The summed E-state index contributed by atoms with van der Waals surface area (Å²) in [7, 11) is 0. The summed E-state index contributed by atoms with van der Waals surface area (Å²) in [5, 5.41) is 28.4. The summed E-state index contributed by atoms with van der Waals surface area (Å²) >= 11 is 0. The fraction of sp³-hybridized carbons (Fsp3) is 1.00. The number of unbranched alkanes of at least 4 members (excludes halogenated alkanes) is 8. The van der Waals surface area contributed by atoms with E-state index < -0.39 is 18.3 Å². The molecule has 3 nitrogen and oxygen atoms in total. The Morgan fingerprint density at radius 1 is 0.684 bits per heavy atom. The highest BCUT2D eigenvalue weighted by molar-refractivity contribution is 4.69. The molecule has 0 bridgehead atoms. The molecule has 0 saturated heterocycles. The second-order valence-electron chi connectivity index (χ2n) is 5.84. The molecular weight excluding hydrogens is 240 g/mol. The fourth-order valence-corrected chi connectivity index (χ4v) is 2.36. The van der Waals surface area contributed by atoms with E-state index in [1.165, 1.54) is 44.9 Å². The van der Waals surface area contributed by atoms with E-state index in [1.54, 1.807) is 6.92 Å². The summed E-state index contributed by atoms with van der Waals surface area (Å²) in [5.74, 6) is 0. The first-order valence-electron chi connectivity index (χ1n) is 8.12. The molecule has 0 aliphatic rings. The molecule has 3 atom stereocenters. The fourth-order valence-electron chi connectivity index (χ4n) is 2.36. The smallest absolute Gasteiger partial charge is 0.0823 e. The summed E-state index contributed by atoms with van der Waals surface area (Å²) in [6, 6.07) is 0. The molecule has 0 heterocycles. The van der Waals surface area contributed by atoms with Gasteiger partial charge in [-0.25, -0.2) is 0 Å². The Kier molecular flexibility index (Phi) is 12.8. The molecule has 116 valence electrons. The zero-order chi connectivity index (χ0) is 14.5. The van der Waals surface area contributed by atoms with Crippen molar-refractivity contribution in [3.8, 4) is 0 Å². The topological polar surface area (TPSA) is 60.7 Å². The van der Waals surface area contributed by atoms with Crippen molar-refractivity contribution >= 4 is 0 Å². The van der Waals surface area contributed by atoms with Crippen LogP contribution in [0.5, 0.6) is 0 Å².